The molecule has 1 atom stereocenters. The quantitative estimate of drug-likeness (QED) is 0.939. The largest absolute Gasteiger partial charge is 0.312 e. The van der Waals surface area contributed by atoms with E-state index in [1.54, 1.807) is 0 Å². The Bertz CT molecular complexity index is 578. The van der Waals surface area contributed by atoms with Gasteiger partial charge < -0.3 is 5.32 Å². The van der Waals surface area contributed by atoms with Crippen molar-refractivity contribution in [1.82, 2.24) is 19.9 Å². The number of pyridine rings is 1. The van der Waals surface area contributed by atoms with E-state index >= 15 is 0 Å². The highest BCUT2D eigenvalue weighted by Gasteiger charge is 2.31. The zero-order valence-electron chi connectivity index (χ0n) is 12.2. The van der Waals surface area contributed by atoms with Crippen molar-refractivity contribution in [2.45, 2.75) is 32.7 Å². The Morgan fingerprint density at radius 1 is 1.40 bits per heavy atom. The summed E-state index contributed by atoms with van der Waals surface area (Å²) in [6, 6.07) is 6.60. The molecule has 0 radical (unpaired) electrons. The van der Waals surface area contributed by atoms with Gasteiger partial charge in [0.15, 0.2) is 5.65 Å². The summed E-state index contributed by atoms with van der Waals surface area (Å²) >= 11 is 2.06. The molecule has 108 valence electrons. The minimum atomic E-state index is 0.401. The first-order chi connectivity index (χ1) is 9.67. The predicted molar refractivity (Wildman–Crippen MR) is 84.2 cm³/mol. The molecule has 5 heteroatoms. The van der Waals surface area contributed by atoms with Crippen LogP contribution in [0.15, 0.2) is 24.4 Å². The van der Waals surface area contributed by atoms with E-state index < -0.39 is 0 Å². The molecule has 1 unspecified atom stereocenters. The van der Waals surface area contributed by atoms with Gasteiger partial charge in [0.1, 0.15) is 5.82 Å². The molecule has 1 saturated heterocycles. The van der Waals surface area contributed by atoms with Gasteiger partial charge in [-0.1, -0.05) is 19.9 Å². The Balaban J connectivity index is 1.60. The SMILES string of the molecule is CC1(C)CCSCC1NCCc1nnc2ccccn12. The summed E-state index contributed by atoms with van der Waals surface area (Å²) in [5.41, 5.74) is 1.33. The third-order valence-electron chi connectivity index (χ3n) is 4.24. The average Bonchev–Trinajstić information content (AvgIpc) is 2.84. The average molecular weight is 290 g/mol. The monoisotopic (exact) mass is 290 g/mol. The number of thioether (sulfide) groups is 1. The van der Waals surface area contributed by atoms with Crippen molar-refractivity contribution in [3.05, 3.63) is 30.2 Å². The lowest BCUT2D eigenvalue weighted by atomic mass is 9.82. The Hall–Kier alpha value is -1.07. The number of nitrogens with one attached hydrogen (secondary N) is 1. The van der Waals surface area contributed by atoms with Crippen molar-refractivity contribution < 1.29 is 0 Å². The van der Waals surface area contributed by atoms with Crippen molar-refractivity contribution in [1.29, 1.82) is 0 Å². The summed E-state index contributed by atoms with van der Waals surface area (Å²) in [7, 11) is 0. The molecule has 1 aliphatic heterocycles. The summed E-state index contributed by atoms with van der Waals surface area (Å²) in [6.45, 7) is 5.71. The van der Waals surface area contributed by atoms with Crippen LogP contribution in [0.25, 0.3) is 5.65 Å². The molecule has 1 N–H and O–H groups in total. The molecule has 0 aromatic carbocycles. The molecule has 3 heterocycles. The summed E-state index contributed by atoms with van der Waals surface area (Å²) in [6.07, 6.45) is 4.25. The summed E-state index contributed by atoms with van der Waals surface area (Å²) in [5.74, 6) is 3.54. The van der Waals surface area contributed by atoms with Gasteiger partial charge in [0.05, 0.1) is 0 Å². The van der Waals surface area contributed by atoms with Crippen LogP contribution in [0.1, 0.15) is 26.1 Å². The summed E-state index contributed by atoms with van der Waals surface area (Å²) in [4.78, 5) is 0. The van der Waals surface area contributed by atoms with Crippen LogP contribution in [0.3, 0.4) is 0 Å². The Labute approximate surface area is 124 Å². The van der Waals surface area contributed by atoms with Gasteiger partial charge in [-0.3, -0.25) is 4.40 Å². The fourth-order valence-corrected chi connectivity index (χ4v) is 4.33. The predicted octanol–water partition coefficient (Wildman–Crippen LogP) is 2.39. The van der Waals surface area contributed by atoms with E-state index in [1.165, 1.54) is 17.9 Å². The van der Waals surface area contributed by atoms with E-state index in [-0.39, 0.29) is 0 Å². The maximum atomic E-state index is 4.28. The molecule has 0 amide bonds. The molecule has 0 saturated carbocycles. The number of nitrogens with zero attached hydrogens (tertiary/aromatic N) is 3. The number of hydrogen-bond donors (Lipinski definition) is 1. The van der Waals surface area contributed by atoms with Crippen LogP contribution in [0, 0.1) is 5.41 Å². The van der Waals surface area contributed by atoms with Crippen LogP contribution >= 0.6 is 11.8 Å². The molecule has 0 spiro atoms. The first-order valence-electron chi connectivity index (χ1n) is 7.26. The van der Waals surface area contributed by atoms with Crippen molar-refractivity contribution in [3.63, 3.8) is 0 Å². The fourth-order valence-electron chi connectivity index (χ4n) is 2.69. The second-order valence-corrected chi connectivity index (χ2v) is 7.27. The van der Waals surface area contributed by atoms with Gasteiger partial charge in [0.2, 0.25) is 0 Å². The molecule has 1 fully saturated rings. The lowest BCUT2D eigenvalue weighted by molar-refractivity contribution is 0.247. The molecule has 3 rings (SSSR count). The van der Waals surface area contributed by atoms with Crippen molar-refractivity contribution in [3.8, 4) is 0 Å². The maximum absolute atomic E-state index is 4.28. The lowest BCUT2D eigenvalue weighted by Gasteiger charge is -2.38. The highest BCUT2D eigenvalue weighted by Crippen LogP contribution is 2.33. The van der Waals surface area contributed by atoms with Crippen LogP contribution in [-0.4, -0.2) is 38.7 Å². The van der Waals surface area contributed by atoms with Gasteiger partial charge in [-0.15, -0.1) is 10.2 Å². The van der Waals surface area contributed by atoms with Crippen molar-refractivity contribution >= 4 is 17.4 Å². The minimum absolute atomic E-state index is 0.401. The standard InChI is InChI=1S/C15H22N4S/c1-15(2)7-10-20-11-12(15)16-8-6-14-18-17-13-5-3-4-9-19(13)14/h3-5,9,12,16H,6-8,10-11H2,1-2H3. The molecular formula is C15H22N4S. The lowest BCUT2D eigenvalue weighted by Crippen LogP contribution is -2.47. The van der Waals surface area contributed by atoms with Crippen molar-refractivity contribution in [2.24, 2.45) is 5.41 Å². The molecule has 1 aliphatic rings. The summed E-state index contributed by atoms with van der Waals surface area (Å²) in [5, 5.41) is 12.2. The van der Waals surface area contributed by atoms with E-state index in [9.17, 15) is 0 Å². The highest BCUT2D eigenvalue weighted by atomic mass is 32.2. The van der Waals surface area contributed by atoms with E-state index in [1.807, 2.05) is 24.4 Å². The van der Waals surface area contributed by atoms with Gasteiger partial charge in [-0.2, -0.15) is 11.8 Å². The molecular weight excluding hydrogens is 268 g/mol. The number of aromatic nitrogens is 3. The van der Waals surface area contributed by atoms with Crippen LogP contribution in [0.5, 0.6) is 0 Å². The van der Waals surface area contributed by atoms with Crippen LogP contribution in [0.2, 0.25) is 0 Å². The van der Waals surface area contributed by atoms with Crippen molar-refractivity contribution in [2.75, 3.05) is 18.1 Å². The van der Waals surface area contributed by atoms with Crippen LogP contribution in [-0.2, 0) is 6.42 Å². The first kappa shape index (κ1) is 13.9. The fraction of sp³-hybridized carbons (Fsp3) is 0.600. The topological polar surface area (TPSA) is 42.2 Å². The molecule has 2 aromatic rings. The third kappa shape index (κ3) is 2.83. The molecule has 0 aliphatic carbocycles. The van der Waals surface area contributed by atoms with E-state index in [0.29, 0.717) is 11.5 Å². The Morgan fingerprint density at radius 3 is 3.15 bits per heavy atom. The smallest absolute Gasteiger partial charge is 0.160 e. The van der Waals surface area contributed by atoms with Gasteiger partial charge in [-0.05, 0) is 29.7 Å². The second kappa shape index (κ2) is 5.74. The molecule has 4 nitrogen and oxygen atoms in total. The van der Waals surface area contributed by atoms with Crippen LogP contribution < -0.4 is 5.32 Å². The zero-order valence-corrected chi connectivity index (χ0v) is 13.0. The number of fused-ring (bicyclic) bond motifs is 1. The second-order valence-electron chi connectivity index (χ2n) is 6.12. The Morgan fingerprint density at radius 2 is 2.30 bits per heavy atom. The van der Waals surface area contributed by atoms with Crippen LogP contribution in [0.4, 0.5) is 0 Å². The number of rotatable bonds is 4. The highest BCUT2D eigenvalue weighted by molar-refractivity contribution is 7.99. The summed E-state index contributed by atoms with van der Waals surface area (Å²) < 4.78 is 2.07. The molecule has 0 bridgehead atoms. The van der Waals surface area contributed by atoms with Gasteiger partial charge >= 0.3 is 0 Å². The normalized spacial score (nSPS) is 22.2. The van der Waals surface area contributed by atoms with E-state index in [4.69, 9.17) is 0 Å². The molecule has 20 heavy (non-hydrogen) atoms. The van der Waals surface area contributed by atoms with E-state index in [2.05, 4.69) is 45.5 Å². The number of hydrogen-bond acceptors (Lipinski definition) is 4. The zero-order chi connectivity index (χ0) is 14.0. The van der Waals surface area contributed by atoms with E-state index in [0.717, 1.165) is 24.4 Å². The van der Waals surface area contributed by atoms with Gasteiger partial charge in [0.25, 0.3) is 0 Å². The maximum Gasteiger partial charge on any atom is 0.160 e. The minimum Gasteiger partial charge on any atom is -0.312 e. The third-order valence-corrected chi connectivity index (χ3v) is 5.30. The van der Waals surface area contributed by atoms with Gasteiger partial charge in [0, 0.05) is 31.0 Å². The first-order valence-corrected chi connectivity index (χ1v) is 8.42. The molecule has 2 aromatic heterocycles. The van der Waals surface area contributed by atoms with Gasteiger partial charge in [-0.25, -0.2) is 0 Å². The Kier molecular flexibility index (Phi) is 3.98.